The number of hydrogen-bond acceptors (Lipinski definition) is 2. The lowest BCUT2D eigenvalue weighted by atomic mass is 9.88. The minimum atomic E-state index is -1.00. The first-order valence-corrected chi connectivity index (χ1v) is 7.19. The van der Waals surface area contributed by atoms with E-state index in [1.807, 2.05) is 13.0 Å². The van der Waals surface area contributed by atoms with E-state index >= 15 is 0 Å². The van der Waals surface area contributed by atoms with Crippen LogP contribution >= 0.6 is 0 Å². The zero-order valence-corrected chi connectivity index (χ0v) is 11.6. The third-order valence-electron chi connectivity index (χ3n) is 4.74. The summed E-state index contributed by atoms with van der Waals surface area (Å²) in [5.74, 6) is 0.253. The standard InChI is InChI=1S/C16H19NO3/c1-9-2-5-14(13(6-9)16(19)20)17-15(18)12-8-10-3-4-11(12)7-10/h2,5-6,10-12H,3-4,7-8H2,1H3,(H,17,18)(H,19,20)/t10-,11-,12-/m0/s1. The van der Waals surface area contributed by atoms with E-state index in [4.69, 9.17) is 0 Å². The number of aryl methyl sites for hydroxylation is 1. The van der Waals surface area contributed by atoms with E-state index in [-0.39, 0.29) is 17.4 Å². The fourth-order valence-electron chi connectivity index (χ4n) is 3.74. The molecule has 1 aromatic carbocycles. The van der Waals surface area contributed by atoms with Gasteiger partial charge in [-0.25, -0.2) is 4.79 Å². The average Bonchev–Trinajstić information content (AvgIpc) is 3.03. The van der Waals surface area contributed by atoms with Crippen LogP contribution in [-0.4, -0.2) is 17.0 Å². The second kappa shape index (κ2) is 4.93. The second-order valence-corrected chi connectivity index (χ2v) is 6.12. The molecule has 0 aromatic heterocycles. The lowest BCUT2D eigenvalue weighted by Crippen LogP contribution is -2.27. The van der Waals surface area contributed by atoms with Gasteiger partial charge in [0.15, 0.2) is 0 Å². The third-order valence-corrected chi connectivity index (χ3v) is 4.74. The van der Waals surface area contributed by atoms with E-state index < -0.39 is 5.97 Å². The van der Waals surface area contributed by atoms with Crippen LogP contribution in [0.4, 0.5) is 5.69 Å². The van der Waals surface area contributed by atoms with Crippen LogP contribution in [0.25, 0.3) is 0 Å². The van der Waals surface area contributed by atoms with Crippen molar-refractivity contribution in [1.29, 1.82) is 0 Å². The van der Waals surface area contributed by atoms with Gasteiger partial charge in [-0.15, -0.1) is 0 Å². The maximum atomic E-state index is 12.4. The number of carbonyl (C=O) groups is 2. The van der Waals surface area contributed by atoms with Crippen molar-refractivity contribution in [2.24, 2.45) is 17.8 Å². The molecule has 0 radical (unpaired) electrons. The van der Waals surface area contributed by atoms with Gasteiger partial charge < -0.3 is 10.4 Å². The fraction of sp³-hybridized carbons (Fsp3) is 0.500. The molecule has 2 aliphatic rings. The molecule has 0 aliphatic heterocycles. The van der Waals surface area contributed by atoms with Crippen LogP contribution in [0.15, 0.2) is 18.2 Å². The minimum Gasteiger partial charge on any atom is -0.478 e. The van der Waals surface area contributed by atoms with Crippen LogP contribution in [0.2, 0.25) is 0 Å². The van der Waals surface area contributed by atoms with E-state index in [0.29, 0.717) is 17.5 Å². The smallest absolute Gasteiger partial charge is 0.337 e. The molecule has 3 atom stereocenters. The van der Waals surface area contributed by atoms with Crippen molar-refractivity contribution in [3.05, 3.63) is 29.3 Å². The molecule has 2 saturated carbocycles. The highest BCUT2D eigenvalue weighted by atomic mass is 16.4. The topological polar surface area (TPSA) is 66.4 Å². The molecule has 0 saturated heterocycles. The first-order valence-electron chi connectivity index (χ1n) is 7.19. The largest absolute Gasteiger partial charge is 0.478 e. The van der Waals surface area contributed by atoms with E-state index in [9.17, 15) is 14.7 Å². The number of benzene rings is 1. The molecule has 0 heterocycles. The van der Waals surface area contributed by atoms with Gasteiger partial charge in [-0.05, 0) is 50.2 Å². The normalized spacial score (nSPS) is 27.6. The number of carboxylic acid groups (broad SMARTS) is 1. The van der Waals surface area contributed by atoms with Crippen LogP contribution in [0.1, 0.15) is 41.6 Å². The number of aromatic carboxylic acids is 1. The number of amides is 1. The molecule has 1 aromatic rings. The van der Waals surface area contributed by atoms with Gasteiger partial charge >= 0.3 is 5.97 Å². The Balaban J connectivity index is 1.78. The van der Waals surface area contributed by atoms with Gasteiger partial charge in [0.2, 0.25) is 5.91 Å². The molecule has 1 amide bonds. The van der Waals surface area contributed by atoms with Crippen molar-refractivity contribution in [3.8, 4) is 0 Å². The van der Waals surface area contributed by atoms with Gasteiger partial charge in [-0.2, -0.15) is 0 Å². The van der Waals surface area contributed by atoms with Crippen LogP contribution in [0.5, 0.6) is 0 Å². The Morgan fingerprint density at radius 1 is 1.25 bits per heavy atom. The number of hydrogen-bond donors (Lipinski definition) is 2. The molecule has 2 N–H and O–H groups in total. The molecule has 2 aliphatic carbocycles. The van der Waals surface area contributed by atoms with E-state index in [0.717, 1.165) is 24.8 Å². The van der Waals surface area contributed by atoms with Crippen molar-refractivity contribution in [2.45, 2.75) is 32.6 Å². The monoisotopic (exact) mass is 273 g/mol. The maximum Gasteiger partial charge on any atom is 0.337 e. The number of rotatable bonds is 3. The highest BCUT2D eigenvalue weighted by Crippen LogP contribution is 2.48. The van der Waals surface area contributed by atoms with Crippen LogP contribution in [0.3, 0.4) is 0 Å². The molecule has 4 heteroatoms. The highest BCUT2D eigenvalue weighted by molar-refractivity contribution is 6.01. The molecule has 0 spiro atoms. The Bertz CT molecular complexity index is 567. The van der Waals surface area contributed by atoms with Gasteiger partial charge in [0.1, 0.15) is 0 Å². The van der Waals surface area contributed by atoms with Gasteiger partial charge in [0.25, 0.3) is 0 Å². The van der Waals surface area contributed by atoms with Crippen molar-refractivity contribution in [3.63, 3.8) is 0 Å². The number of fused-ring (bicyclic) bond motifs is 2. The van der Waals surface area contributed by atoms with Gasteiger partial charge in [0, 0.05) is 5.92 Å². The fourth-order valence-corrected chi connectivity index (χ4v) is 3.74. The molecule has 106 valence electrons. The second-order valence-electron chi connectivity index (χ2n) is 6.12. The predicted octanol–water partition coefficient (Wildman–Crippen LogP) is 3.07. The summed E-state index contributed by atoms with van der Waals surface area (Å²) < 4.78 is 0. The van der Waals surface area contributed by atoms with E-state index in [1.54, 1.807) is 12.1 Å². The molecule has 4 nitrogen and oxygen atoms in total. The first kappa shape index (κ1) is 13.2. The Hall–Kier alpha value is -1.84. The summed E-state index contributed by atoms with van der Waals surface area (Å²) in [6.07, 6.45) is 4.52. The summed E-state index contributed by atoms with van der Waals surface area (Å²) in [5.41, 5.74) is 1.46. The van der Waals surface area contributed by atoms with Crippen LogP contribution < -0.4 is 5.32 Å². The molecular weight excluding hydrogens is 254 g/mol. The van der Waals surface area contributed by atoms with Crippen LogP contribution in [0, 0.1) is 24.7 Å². The molecule has 0 unspecified atom stereocenters. The Morgan fingerprint density at radius 2 is 2.05 bits per heavy atom. The lowest BCUT2D eigenvalue weighted by Gasteiger charge is -2.21. The summed E-state index contributed by atoms with van der Waals surface area (Å²) in [6, 6.07) is 5.10. The zero-order valence-electron chi connectivity index (χ0n) is 11.6. The molecule has 2 fully saturated rings. The number of nitrogens with one attached hydrogen (secondary N) is 1. The molecule has 2 bridgehead atoms. The van der Waals surface area contributed by atoms with Crippen molar-refractivity contribution in [2.75, 3.05) is 5.32 Å². The van der Waals surface area contributed by atoms with Gasteiger partial charge in [-0.1, -0.05) is 18.1 Å². The summed E-state index contributed by atoms with van der Waals surface area (Å²) in [5, 5.41) is 12.0. The first-order chi connectivity index (χ1) is 9.54. The third kappa shape index (κ3) is 2.30. The Kier molecular flexibility index (Phi) is 3.24. The van der Waals surface area contributed by atoms with Crippen molar-refractivity contribution < 1.29 is 14.7 Å². The quantitative estimate of drug-likeness (QED) is 0.889. The molecular formula is C16H19NO3. The minimum absolute atomic E-state index is 0.0106. The summed E-state index contributed by atoms with van der Waals surface area (Å²) in [4.78, 5) is 23.6. The number of carboxylic acids is 1. The average molecular weight is 273 g/mol. The molecule has 20 heavy (non-hydrogen) atoms. The highest BCUT2D eigenvalue weighted by Gasteiger charge is 2.43. The zero-order chi connectivity index (χ0) is 14.3. The summed E-state index contributed by atoms with van der Waals surface area (Å²) in [6.45, 7) is 1.84. The van der Waals surface area contributed by atoms with E-state index in [2.05, 4.69) is 5.32 Å². The maximum absolute atomic E-state index is 12.4. The predicted molar refractivity (Wildman–Crippen MR) is 75.7 cm³/mol. The molecule has 3 rings (SSSR count). The van der Waals surface area contributed by atoms with Gasteiger partial charge in [-0.3, -0.25) is 4.79 Å². The Morgan fingerprint density at radius 3 is 2.65 bits per heavy atom. The van der Waals surface area contributed by atoms with Crippen molar-refractivity contribution in [1.82, 2.24) is 0 Å². The SMILES string of the molecule is Cc1ccc(NC(=O)[C@H]2C[C@H]3CC[C@H]2C3)c(C(=O)O)c1. The number of carbonyl (C=O) groups excluding carboxylic acids is 1. The number of anilines is 1. The summed E-state index contributed by atoms with van der Waals surface area (Å²) >= 11 is 0. The van der Waals surface area contributed by atoms with E-state index in [1.165, 1.54) is 6.42 Å². The van der Waals surface area contributed by atoms with Crippen molar-refractivity contribution >= 4 is 17.6 Å². The summed E-state index contributed by atoms with van der Waals surface area (Å²) in [7, 11) is 0. The lowest BCUT2D eigenvalue weighted by molar-refractivity contribution is -0.121. The van der Waals surface area contributed by atoms with Crippen LogP contribution in [-0.2, 0) is 4.79 Å². The Labute approximate surface area is 118 Å². The van der Waals surface area contributed by atoms with Gasteiger partial charge in [0.05, 0.1) is 11.3 Å².